The second kappa shape index (κ2) is 9.38. The zero-order valence-corrected chi connectivity index (χ0v) is 15.6. The number of furan rings is 1. The molecular formula is C19H25N3O6. The molecular weight excluding hydrogens is 366 g/mol. The summed E-state index contributed by atoms with van der Waals surface area (Å²) in [5.74, 6) is -1.50. The minimum atomic E-state index is -0.696. The van der Waals surface area contributed by atoms with Crippen molar-refractivity contribution in [2.75, 3.05) is 13.2 Å². The van der Waals surface area contributed by atoms with Gasteiger partial charge in [0, 0.05) is 19.0 Å². The maximum atomic E-state index is 12.1. The molecule has 3 rings (SSSR count). The van der Waals surface area contributed by atoms with Crippen molar-refractivity contribution >= 4 is 23.8 Å². The van der Waals surface area contributed by atoms with E-state index >= 15 is 0 Å². The molecule has 28 heavy (non-hydrogen) atoms. The highest BCUT2D eigenvalue weighted by atomic mass is 16.5. The molecule has 9 nitrogen and oxygen atoms in total. The summed E-state index contributed by atoms with van der Waals surface area (Å²) in [6.07, 6.45) is 6.65. The molecule has 1 aromatic heterocycles. The van der Waals surface area contributed by atoms with Gasteiger partial charge >= 0.3 is 12.0 Å². The van der Waals surface area contributed by atoms with Gasteiger partial charge in [0.05, 0.1) is 18.7 Å². The van der Waals surface area contributed by atoms with Gasteiger partial charge in [0.25, 0.3) is 5.91 Å². The van der Waals surface area contributed by atoms with E-state index in [-0.39, 0.29) is 31.5 Å². The second-order valence-electron chi connectivity index (χ2n) is 7.22. The number of imide groups is 1. The summed E-state index contributed by atoms with van der Waals surface area (Å²) in [4.78, 5) is 49.3. The summed E-state index contributed by atoms with van der Waals surface area (Å²) < 4.78 is 10.2. The van der Waals surface area contributed by atoms with Crippen LogP contribution in [0.1, 0.15) is 44.3 Å². The molecule has 152 valence electrons. The average Bonchev–Trinajstić information content (AvgIpc) is 3.31. The van der Waals surface area contributed by atoms with Gasteiger partial charge in [-0.05, 0) is 25.0 Å². The Morgan fingerprint density at radius 2 is 2.00 bits per heavy atom. The molecule has 4 amide bonds. The summed E-state index contributed by atoms with van der Waals surface area (Å²) >= 11 is 0. The van der Waals surface area contributed by atoms with Crippen molar-refractivity contribution in [3.05, 3.63) is 24.2 Å². The molecule has 0 unspecified atom stereocenters. The molecule has 2 N–H and O–H groups in total. The SMILES string of the molecule is O=C(COC(=O)[C@H]1CC(=O)N(Cc2ccco2)C1)NC(=O)NC1CCCCC1. The summed E-state index contributed by atoms with van der Waals surface area (Å²) in [6, 6.07) is 2.98. The van der Waals surface area contributed by atoms with E-state index in [4.69, 9.17) is 9.15 Å². The van der Waals surface area contributed by atoms with E-state index in [0.29, 0.717) is 5.76 Å². The monoisotopic (exact) mass is 391 g/mol. The molecule has 1 saturated heterocycles. The zero-order chi connectivity index (χ0) is 19.9. The Hall–Kier alpha value is -2.84. The largest absolute Gasteiger partial charge is 0.467 e. The van der Waals surface area contributed by atoms with Crippen molar-refractivity contribution in [2.24, 2.45) is 5.92 Å². The highest BCUT2D eigenvalue weighted by Crippen LogP contribution is 2.21. The van der Waals surface area contributed by atoms with Crippen LogP contribution in [0.3, 0.4) is 0 Å². The number of likely N-dealkylation sites (tertiary alicyclic amines) is 1. The Kier molecular flexibility index (Phi) is 6.67. The van der Waals surface area contributed by atoms with Crippen LogP contribution in [-0.2, 0) is 25.7 Å². The van der Waals surface area contributed by atoms with Gasteiger partial charge in [-0.3, -0.25) is 19.7 Å². The lowest BCUT2D eigenvalue weighted by Gasteiger charge is -2.22. The number of nitrogens with one attached hydrogen (secondary N) is 2. The molecule has 2 aliphatic rings. The third-order valence-electron chi connectivity index (χ3n) is 5.01. The Labute approximate surface area is 162 Å². The van der Waals surface area contributed by atoms with Crippen LogP contribution in [0.5, 0.6) is 0 Å². The van der Waals surface area contributed by atoms with Gasteiger partial charge < -0.3 is 19.4 Å². The molecule has 2 heterocycles. The van der Waals surface area contributed by atoms with Crippen LogP contribution in [0.15, 0.2) is 22.8 Å². The summed E-state index contributed by atoms with van der Waals surface area (Å²) in [7, 11) is 0. The number of rotatable bonds is 6. The lowest BCUT2D eigenvalue weighted by atomic mass is 9.96. The molecule has 9 heteroatoms. The fraction of sp³-hybridized carbons (Fsp3) is 0.579. The maximum absolute atomic E-state index is 12.1. The normalized spacial score (nSPS) is 20.1. The molecule has 1 aliphatic heterocycles. The van der Waals surface area contributed by atoms with Crippen molar-refractivity contribution in [3.8, 4) is 0 Å². The molecule has 1 saturated carbocycles. The van der Waals surface area contributed by atoms with E-state index in [9.17, 15) is 19.2 Å². The van der Waals surface area contributed by atoms with E-state index in [0.717, 1.165) is 32.1 Å². The van der Waals surface area contributed by atoms with Crippen LogP contribution >= 0.6 is 0 Å². The van der Waals surface area contributed by atoms with Gasteiger partial charge in [-0.1, -0.05) is 19.3 Å². The molecule has 0 spiro atoms. The highest BCUT2D eigenvalue weighted by molar-refractivity contribution is 5.96. The molecule has 1 atom stereocenters. The topological polar surface area (TPSA) is 118 Å². The van der Waals surface area contributed by atoms with Gasteiger partial charge in [0.15, 0.2) is 6.61 Å². The number of urea groups is 1. The van der Waals surface area contributed by atoms with Crippen LogP contribution in [0.4, 0.5) is 4.79 Å². The first-order valence-electron chi connectivity index (χ1n) is 9.58. The van der Waals surface area contributed by atoms with Gasteiger partial charge in [-0.25, -0.2) is 4.79 Å². The highest BCUT2D eigenvalue weighted by Gasteiger charge is 2.36. The molecule has 1 aromatic rings. The first-order chi connectivity index (χ1) is 13.5. The third kappa shape index (κ3) is 5.58. The van der Waals surface area contributed by atoms with Crippen LogP contribution in [0, 0.1) is 5.92 Å². The summed E-state index contributed by atoms with van der Waals surface area (Å²) in [6.45, 7) is -0.0562. The zero-order valence-electron chi connectivity index (χ0n) is 15.6. The van der Waals surface area contributed by atoms with Crippen molar-refractivity contribution in [3.63, 3.8) is 0 Å². The number of carbonyl (C=O) groups excluding carboxylic acids is 4. The number of amides is 4. The summed E-state index contributed by atoms with van der Waals surface area (Å²) in [5.41, 5.74) is 0. The van der Waals surface area contributed by atoms with Crippen LogP contribution in [0.25, 0.3) is 0 Å². The number of ether oxygens (including phenoxy) is 1. The minimum Gasteiger partial charge on any atom is -0.467 e. The van der Waals surface area contributed by atoms with E-state index < -0.39 is 30.4 Å². The second-order valence-corrected chi connectivity index (χ2v) is 7.22. The Morgan fingerprint density at radius 1 is 1.21 bits per heavy atom. The van der Waals surface area contributed by atoms with Crippen LogP contribution in [-0.4, -0.2) is 47.9 Å². The van der Waals surface area contributed by atoms with Crippen molar-refractivity contribution in [2.45, 2.75) is 51.1 Å². The molecule has 0 aromatic carbocycles. The maximum Gasteiger partial charge on any atom is 0.321 e. The Balaban J connectivity index is 1.37. The standard InChI is InChI=1S/C19H25N3O6/c23-16(21-19(26)20-14-5-2-1-3-6-14)12-28-18(25)13-9-17(24)22(10-13)11-15-7-4-8-27-15/h4,7-8,13-14H,1-3,5-6,9-12H2,(H2,20,21,23,26)/t13-/m0/s1. The number of nitrogens with zero attached hydrogens (tertiary/aromatic N) is 1. The van der Waals surface area contributed by atoms with Crippen molar-refractivity contribution < 1.29 is 28.3 Å². The fourth-order valence-corrected chi connectivity index (χ4v) is 3.56. The predicted octanol–water partition coefficient (Wildman–Crippen LogP) is 1.33. The quantitative estimate of drug-likeness (QED) is 0.707. The lowest BCUT2D eigenvalue weighted by Crippen LogP contribution is -2.46. The first kappa shape index (κ1) is 19.9. The fourth-order valence-electron chi connectivity index (χ4n) is 3.56. The van der Waals surface area contributed by atoms with Crippen molar-refractivity contribution in [1.29, 1.82) is 0 Å². The first-order valence-corrected chi connectivity index (χ1v) is 9.58. The predicted molar refractivity (Wildman–Crippen MR) is 96.7 cm³/mol. The minimum absolute atomic E-state index is 0.0311. The number of carbonyl (C=O) groups is 4. The van der Waals surface area contributed by atoms with Gasteiger partial charge in [0.1, 0.15) is 5.76 Å². The summed E-state index contributed by atoms with van der Waals surface area (Å²) in [5, 5.41) is 4.92. The third-order valence-corrected chi connectivity index (χ3v) is 5.01. The number of esters is 1. The van der Waals surface area contributed by atoms with Crippen LogP contribution in [0.2, 0.25) is 0 Å². The molecule has 2 fully saturated rings. The smallest absolute Gasteiger partial charge is 0.321 e. The van der Waals surface area contributed by atoms with Gasteiger partial charge in [-0.15, -0.1) is 0 Å². The van der Waals surface area contributed by atoms with E-state index in [1.54, 1.807) is 12.1 Å². The molecule has 0 radical (unpaired) electrons. The van der Waals surface area contributed by atoms with Gasteiger partial charge in [0.2, 0.25) is 5.91 Å². The number of hydrogen-bond acceptors (Lipinski definition) is 6. The Morgan fingerprint density at radius 3 is 2.71 bits per heavy atom. The molecule has 1 aliphatic carbocycles. The number of hydrogen-bond donors (Lipinski definition) is 2. The van der Waals surface area contributed by atoms with Crippen LogP contribution < -0.4 is 10.6 Å². The Bertz CT molecular complexity index is 711. The average molecular weight is 391 g/mol. The van der Waals surface area contributed by atoms with E-state index in [1.165, 1.54) is 11.2 Å². The molecule has 0 bridgehead atoms. The van der Waals surface area contributed by atoms with E-state index in [2.05, 4.69) is 10.6 Å². The van der Waals surface area contributed by atoms with Gasteiger partial charge in [-0.2, -0.15) is 0 Å². The lowest BCUT2D eigenvalue weighted by molar-refractivity contribution is -0.152. The van der Waals surface area contributed by atoms with E-state index in [1.807, 2.05) is 0 Å². The van der Waals surface area contributed by atoms with Crippen molar-refractivity contribution in [1.82, 2.24) is 15.5 Å².